The Hall–Kier alpha value is -1.48. The molecular formula is C16H27N3O5. The van der Waals surface area contributed by atoms with Gasteiger partial charge in [-0.3, -0.25) is 4.57 Å². The van der Waals surface area contributed by atoms with Crippen molar-refractivity contribution in [3.05, 3.63) is 22.2 Å². The van der Waals surface area contributed by atoms with Gasteiger partial charge in [0.2, 0.25) is 0 Å². The van der Waals surface area contributed by atoms with E-state index < -0.39 is 24.1 Å². The molecular weight excluding hydrogens is 314 g/mol. The molecule has 0 aromatic carbocycles. The molecule has 1 aromatic rings. The van der Waals surface area contributed by atoms with Crippen LogP contribution >= 0.6 is 0 Å². The highest BCUT2D eigenvalue weighted by Gasteiger charge is 2.35. The molecule has 136 valence electrons. The zero-order valence-electron chi connectivity index (χ0n) is 14.0. The first-order chi connectivity index (χ1) is 11.6. The molecule has 1 saturated heterocycles. The first-order valence-electron chi connectivity index (χ1n) is 8.45. The molecule has 0 aliphatic carbocycles. The third-order valence-corrected chi connectivity index (χ3v) is 4.21. The minimum atomic E-state index is -0.788. The van der Waals surface area contributed by atoms with Crippen molar-refractivity contribution in [3.8, 4) is 0 Å². The molecule has 0 unspecified atom stereocenters. The van der Waals surface area contributed by atoms with Crippen LogP contribution < -0.4 is 11.0 Å². The number of rotatable bonds is 9. The number of nitrogens with zero attached hydrogens (tertiary/aromatic N) is 2. The predicted octanol–water partition coefficient (Wildman–Crippen LogP) is 0.157. The number of ether oxygens (including phenoxy) is 1. The molecule has 3 atom stereocenters. The average molecular weight is 341 g/mol. The SMILES string of the molecule is Cc1cn([C@H]2C[C@@H](O)[C@@H](CO)O2)c(=O)nc1NCCCCCCO. The summed E-state index contributed by atoms with van der Waals surface area (Å²) in [5.41, 5.74) is 0.370. The summed E-state index contributed by atoms with van der Waals surface area (Å²) >= 11 is 0. The quantitative estimate of drug-likeness (QED) is 0.473. The standard InChI is InChI=1S/C16H27N3O5/c1-11-9-19(14-8-12(22)13(10-21)24-14)16(23)18-15(11)17-6-4-2-3-5-7-20/h9,12-14,20-22H,2-8,10H2,1H3,(H,17,18,23)/t12-,13-,14-/m1/s1. The summed E-state index contributed by atoms with van der Waals surface area (Å²) in [6.07, 6.45) is 3.62. The van der Waals surface area contributed by atoms with E-state index in [4.69, 9.17) is 14.9 Å². The van der Waals surface area contributed by atoms with E-state index in [1.165, 1.54) is 4.57 Å². The van der Waals surface area contributed by atoms with Gasteiger partial charge in [-0.2, -0.15) is 4.98 Å². The van der Waals surface area contributed by atoms with Crippen LogP contribution in [0.5, 0.6) is 0 Å². The Bertz CT molecular complexity index is 577. The van der Waals surface area contributed by atoms with Crippen LogP contribution in [0, 0.1) is 6.92 Å². The minimum absolute atomic E-state index is 0.224. The summed E-state index contributed by atoms with van der Waals surface area (Å²) in [6, 6.07) is 0. The van der Waals surface area contributed by atoms with Gasteiger partial charge in [0.25, 0.3) is 0 Å². The number of anilines is 1. The highest BCUT2D eigenvalue weighted by Crippen LogP contribution is 2.27. The molecule has 1 aromatic heterocycles. The fraction of sp³-hybridized carbons (Fsp3) is 0.750. The highest BCUT2D eigenvalue weighted by atomic mass is 16.5. The van der Waals surface area contributed by atoms with Crippen molar-refractivity contribution < 1.29 is 20.1 Å². The van der Waals surface area contributed by atoms with E-state index in [-0.39, 0.29) is 19.6 Å². The maximum Gasteiger partial charge on any atom is 0.351 e. The number of aryl methyl sites for hydroxylation is 1. The van der Waals surface area contributed by atoms with Gasteiger partial charge in [0.05, 0.1) is 12.7 Å². The van der Waals surface area contributed by atoms with Crippen molar-refractivity contribution in [2.75, 3.05) is 25.1 Å². The molecule has 8 heteroatoms. The van der Waals surface area contributed by atoms with E-state index in [0.717, 1.165) is 31.2 Å². The van der Waals surface area contributed by atoms with Gasteiger partial charge in [0.15, 0.2) is 0 Å². The third-order valence-electron chi connectivity index (χ3n) is 4.21. The number of hydrogen-bond donors (Lipinski definition) is 4. The molecule has 0 saturated carbocycles. The second-order valence-electron chi connectivity index (χ2n) is 6.14. The lowest BCUT2D eigenvalue weighted by molar-refractivity contribution is -0.0459. The van der Waals surface area contributed by atoms with E-state index in [1.807, 2.05) is 6.92 Å². The smallest absolute Gasteiger partial charge is 0.351 e. The summed E-state index contributed by atoms with van der Waals surface area (Å²) in [5.74, 6) is 0.552. The molecule has 2 heterocycles. The van der Waals surface area contributed by atoms with Crippen molar-refractivity contribution in [3.63, 3.8) is 0 Å². The normalized spacial score (nSPS) is 23.6. The third kappa shape index (κ3) is 4.76. The second-order valence-corrected chi connectivity index (χ2v) is 6.14. The molecule has 0 amide bonds. The molecule has 0 radical (unpaired) electrons. The lowest BCUT2D eigenvalue weighted by atomic mass is 10.2. The first-order valence-corrected chi connectivity index (χ1v) is 8.45. The van der Waals surface area contributed by atoms with Crippen molar-refractivity contribution in [1.82, 2.24) is 9.55 Å². The van der Waals surface area contributed by atoms with Crippen LogP contribution in [0.2, 0.25) is 0 Å². The summed E-state index contributed by atoms with van der Waals surface area (Å²) in [7, 11) is 0. The van der Waals surface area contributed by atoms with Gasteiger partial charge in [-0.25, -0.2) is 4.79 Å². The molecule has 24 heavy (non-hydrogen) atoms. The number of unbranched alkanes of at least 4 members (excludes halogenated alkanes) is 3. The summed E-state index contributed by atoms with van der Waals surface area (Å²) in [6.45, 7) is 2.51. The predicted molar refractivity (Wildman–Crippen MR) is 88.9 cm³/mol. The largest absolute Gasteiger partial charge is 0.396 e. The number of aliphatic hydroxyl groups excluding tert-OH is 3. The Kier molecular flexibility index (Phi) is 7.16. The second kappa shape index (κ2) is 9.12. The Morgan fingerprint density at radius 2 is 2.08 bits per heavy atom. The Labute approximate surface area is 141 Å². The highest BCUT2D eigenvalue weighted by molar-refractivity contribution is 5.41. The Balaban J connectivity index is 1.95. The van der Waals surface area contributed by atoms with E-state index >= 15 is 0 Å². The van der Waals surface area contributed by atoms with Gasteiger partial charge in [-0.1, -0.05) is 12.8 Å². The molecule has 1 aliphatic rings. The van der Waals surface area contributed by atoms with E-state index in [0.29, 0.717) is 12.4 Å². The zero-order chi connectivity index (χ0) is 17.5. The Morgan fingerprint density at radius 3 is 2.75 bits per heavy atom. The van der Waals surface area contributed by atoms with Crippen LogP contribution in [0.1, 0.15) is 43.9 Å². The van der Waals surface area contributed by atoms with Gasteiger partial charge in [0, 0.05) is 31.3 Å². The molecule has 2 rings (SSSR count). The van der Waals surface area contributed by atoms with E-state index in [9.17, 15) is 9.90 Å². The van der Waals surface area contributed by atoms with Crippen LogP contribution in [0.15, 0.2) is 11.0 Å². The lowest BCUT2D eigenvalue weighted by Gasteiger charge is -2.16. The molecule has 1 fully saturated rings. The van der Waals surface area contributed by atoms with Gasteiger partial charge < -0.3 is 25.4 Å². The molecule has 8 nitrogen and oxygen atoms in total. The average Bonchev–Trinajstić information content (AvgIpc) is 2.94. The summed E-state index contributed by atoms with van der Waals surface area (Å²) in [5, 5.41) is 30.8. The molecule has 0 spiro atoms. The zero-order valence-corrected chi connectivity index (χ0v) is 14.0. The molecule has 1 aliphatic heterocycles. The number of aromatic nitrogens is 2. The summed E-state index contributed by atoms with van der Waals surface area (Å²) in [4.78, 5) is 16.3. The molecule has 0 bridgehead atoms. The maximum atomic E-state index is 12.2. The van der Waals surface area contributed by atoms with Crippen molar-refractivity contribution in [2.45, 2.75) is 57.5 Å². The lowest BCUT2D eigenvalue weighted by Crippen LogP contribution is -2.29. The van der Waals surface area contributed by atoms with Crippen LogP contribution in [-0.2, 0) is 4.74 Å². The van der Waals surface area contributed by atoms with Crippen molar-refractivity contribution in [2.24, 2.45) is 0 Å². The fourth-order valence-corrected chi connectivity index (χ4v) is 2.80. The monoisotopic (exact) mass is 341 g/mol. The fourth-order valence-electron chi connectivity index (χ4n) is 2.80. The molecule has 4 N–H and O–H groups in total. The number of nitrogens with one attached hydrogen (secondary N) is 1. The maximum absolute atomic E-state index is 12.2. The minimum Gasteiger partial charge on any atom is -0.396 e. The first kappa shape index (κ1) is 18.9. The van der Waals surface area contributed by atoms with Gasteiger partial charge >= 0.3 is 5.69 Å². The number of aliphatic hydroxyl groups is 3. The van der Waals surface area contributed by atoms with Gasteiger partial charge in [0.1, 0.15) is 18.1 Å². The van der Waals surface area contributed by atoms with Gasteiger partial charge in [-0.15, -0.1) is 0 Å². The Morgan fingerprint density at radius 1 is 1.33 bits per heavy atom. The van der Waals surface area contributed by atoms with Crippen LogP contribution in [0.3, 0.4) is 0 Å². The van der Waals surface area contributed by atoms with Crippen molar-refractivity contribution in [1.29, 1.82) is 0 Å². The van der Waals surface area contributed by atoms with E-state index in [1.54, 1.807) is 6.20 Å². The number of hydrogen-bond acceptors (Lipinski definition) is 7. The topological polar surface area (TPSA) is 117 Å². The van der Waals surface area contributed by atoms with Crippen molar-refractivity contribution >= 4 is 5.82 Å². The van der Waals surface area contributed by atoms with E-state index in [2.05, 4.69) is 10.3 Å². The summed E-state index contributed by atoms with van der Waals surface area (Å²) < 4.78 is 6.86. The van der Waals surface area contributed by atoms with Crippen LogP contribution in [0.4, 0.5) is 5.82 Å². The van der Waals surface area contributed by atoms with Crippen LogP contribution in [0.25, 0.3) is 0 Å². The van der Waals surface area contributed by atoms with Crippen LogP contribution in [-0.4, -0.2) is 56.8 Å². The van der Waals surface area contributed by atoms with Gasteiger partial charge in [-0.05, 0) is 19.8 Å².